The van der Waals surface area contributed by atoms with Gasteiger partial charge in [-0.1, -0.05) is 49.3 Å². The molecule has 2 aromatic rings. The predicted octanol–water partition coefficient (Wildman–Crippen LogP) is 3.12. The van der Waals surface area contributed by atoms with E-state index in [4.69, 9.17) is 4.52 Å². The fourth-order valence-corrected chi connectivity index (χ4v) is 3.00. The number of hydrogen-bond acceptors (Lipinski definition) is 4. The molecule has 1 fully saturated rings. The number of hydrogen-bond donors (Lipinski definition) is 0. The highest BCUT2D eigenvalue weighted by Crippen LogP contribution is 2.19. The Labute approximate surface area is 132 Å². The number of piperazine rings is 1. The van der Waals surface area contributed by atoms with Crippen molar-refractivity contribution in [2.45, 2.75) is 20.4 Å². The lowest BCUT2D eigenvalue weighted by Crippen LogP contribution is -2.46. The predicted molar refractivity (Wildman–Crippen MR) is 88.5 cm³/mol. The second-order valence-electron chi connectivity index (χ2n) is 6.52. The summed E-state index contributed by atoms with van der Waals surface area (Å²) >= 11 is 0. The molecule has 0 aliphatic carbocycles. The average molecular weight is 299 g/mol. The maximum Gasteiger partial charge on any atom is 0.151 e. The number of benzene rings is 1. The van der Waals surface area contributed by atoms with E-state index >= 15 is 0 Å². The van der Waals surface area contributed by atoms with Crippen molar-refractivity contribution >= 4 is 0 Å². The van der Waals surface area contributed by atoms with Crippen molar-refractivity contribution in [3.63, 3.8) is 0 Å². The van der Waals surface area contributed by atoms with Gasteiger partial charge >= 0.3 is 0 Å². The summed E-state index contributed by atoms with van der Waals surface area (Å²) in [6, 6.07) is 12.3. The Morgan fingerprint density at radius 1 is 1.05 bits per heavy atom. The zero-order valence-corrected chi connectivity index (χ0v) is 13.5. The lowest BCUT2D eigenvalue weighted by molar-refractivity contribution is 0.110. The van der Waals surface area contributed by atoms with Crippen molar-refractivity contribution in [3.8, 4) is 11.3 Å². The molecule has 1 aromatic heterocycles. The van der Waals surface area contributed by atoms with Crippen LogP contribution in [0.3, 0.4) is 0 Å². The highest BCUT2D eigenvalue weighted by atomic mass is 16.5. The molecule has 4 nitrogen and oxygen atoms in total. The summed E-state index contributed by atoms with van der Waals surface area (Å²) in [6.45, 7) is 11.1. The largest absolute Gasteiger partial charge is 0.359 e. The lowest BCUT2D eigenvalue weighted by atomic mass is 10.1. The van der Waals surface area contributed by atoms with E-state index in [1.54, 1.807) is 0 Å². The zero-order valence-electron chi connectivity index (χ0n) is 13.5. The van der Waals surface area contributed by atoms with Gasteiger partial charge in [0.1, 0.15) is 5.69 Å². The number of rotatable bonds is 5. The second kappa shape index (κ2) is 7.07. The van der Waals surface area contributed by atoms with Gasteiger partial charge in [-0.2, -0.15) is 0 Å². The van der Waals surface area contributed by atoms with Crippen LogP contribution in [-0.4, -0.2) is 47.7 Å². The van der Waals surface area contributed by atoms with Gasteiger partial charge < -0.3 is 9.42 Å². The Bertz CT molecular complexity index is 571. The smallest absolute Gasteiger partial charge is 0.151 e. The molecule has 4 heteroatoms. The van der Waals surface area contributed by atoms with Crippen molar-refractivity contribution < 1.29 is 4.52 Å². The van der Waals surface area contributed by atoms with Crippen LogP contribution >= 0.6 is 0 Å². The van der Waals surface area contributed by atoms with E-state index in [0.717, 1.165) is 55.7 Å². The standard InChI is InChI=1S/C18H25N3O/c1-15(2)13-20-8-10-21(11-9-20)14-17-12-18(19-22-17)16-6-4-3-5-7-16/h3-7,12,15H,8-11,13-14H2,1-2H3. The van der Waals surface area contributed by atoms with Crippen molar-refractivity contribution in [2.24, 2.45) is 5.92 Å². The molecule has 2 heterocycles. The summed E-state index contributed by atoms with van der Waals surface area (Å²) in [6.07, 6.45) is 0. The Balaban J connectivity index is 1.54. The summed E-state index contributed by atoms with van der Waals surface area (Å²) in [4.78, 5) is 5.00. The molecule has 1 aliphatic heterocycles. The first kappa shape index (κ1) is 15.3. The van der Waals surface area contributed by atoms with Crippen LogP contribution < -0.4 is 0 Å². The van der Waals surface area contributed by atoms with Crippen LogP contribution in [0.2, 0.25) is 0 Å². The van der Waals surface area contributed by atoms with Crippen molar-refractivity contribution in [3.05, 3.63) is 42.2 Å². The van der Waals surface area contributed by atoms with Crippen LogP contribution in [0.15, 0.2) is 40.9 Å². The Morgan fingerprint density at radius 2 is 1.73 bits per heavy atom. The minimum atomic E-state index is 0.745. The molecule has 1 aliphatic rings. The highest BCUT2D eigenvalue weighted by molar-refractivity contribution is 5.58. The molecule has 0 amide bonds. The van der Waals surface area contributed by atoms with Crippen LogP contribution in [0.25, 0.3) is 11.3 Å². The fourth-order valence-electron chi connectivity index (χ4n) is 3.00. The van der Waals surface area contributed by atoms with Crippen LogP contribution in [0.5, 0.6) is 0 Å². The van der Waals surface area contributed by atoms with Gasteiger partial charge in [0.15, 0.2) is 5.76 Å². The lowest BCUT2D eigenvalue weighted by Gasteiger charge is -2.34. The van der Waals surface area contributed by atoms with E-state index in [1.807, 2.05) is 18.2 Å². The maximum atomic E-state index is 5.51. The Hall–Kier alpha value is -1.65. The van der Waals surface area contributed by atoms with Gasteiger partial charge in [-0.25, -0.2) is 0 Å². The molecule has 0 bridgehead atoms. The van der Waals surface area contributed by atoms with E-state index in [2.05, 4.69) is 47.0 Å². The van der Waals surface area contributed by atoms with Gasteiger partial charge in [0, 0.05) is 44.4 Å². The SMILES string of the molecule is CC(C)CN1CCN(Cc2cc(-c3ccccc3)no2)CC1. The van der Waals surface area contributed by atoms with Crippen LogP contribution in [0.1, 0.15) is 19.6 Å². The first-order valence-electron chi connectivity index (χ1n) is 8.16. The van der Waals surface area contributed by atoms with Gasteiger partial charge in [-0.05, 0) is 5.92 Å². The summed E-state index contributed by atoms with van der Waals surface area (Å²) < 4.78 is 5.51. The Morgan fingerprint density at radius 3 is 2.41 bits per heavy atom. The average Bonchev–Trinajstić information content (AvgIpc) is 2.98. The van der Waals surface area contributed by atoms with E-state index in [-0.39, 0.29) is 0 Å². The first-order valence-corrected chi connectivity index (χ1v) is 8.16. The van der Waals surface area contributed by atoms with Crippen molar-refractivity contribution in [1.29, 1.82) is 0 Å². The molecule has 3 rings (SSSR count). The third kappa shape index (κ3) is 3.96. The second-order valence-corrected chi connectivity index (χ2v) is 6.52. The van der Waals surface area contributed by atoms with Crippen LogP contribution in [0.4, 0.5) is 0 Å². The summed E-state index contributed by atoms with van der Waals surface area (Å²) in [5.41, 5.74) is 2.04. The monoisotopic (exact) mass is 299 g/mol. The van der Waals surface area contributed by atoms with Crippen LogP contribution in [-0.2, 0) is 6.54 Å². The molecule has 0 N–H and O–H groups in total. The molecule has 118 valence electrons. The van der Waals surface area contributed by atoms with Crippen molar-refractivity contribution in [2.75, 3.05) is 32.7 Å². The zero-order chi connectivity index (χ0) is 15.4. The van der Waals surface area contributed by atoms with Gasteiger partial charge in [-0.3, -0.25) is 4.90 Å². The molecular formula is C18H25N3O. The number of nitrogens with zero attached hydrogens (tertiary/aromatic N) is 3. The quantitative estimate of drug-likeness (QED) is 0.849. The molecule has 1 aromatic carbocycles. The maximum absolute atomic E-state index is 5.51. The minimum Gasteiger partial charge on any atom is -0.359 e. The normalized spacial score (nSPS) is 17.2. The Kier molecular flexibility index (Phi) is 4.90. The molecule has 0 unspecified atom stereocenters. The minimum absolute atomic E-state index is 0.745. The van der Waals surface area contributed by atoms with E-state index in [0.29, 0.717) is 0 Å². The molecule has 0 radical (unpaired) electrons. The third-order valence-electron chi connectivity index (χ3n) is 4.10. The molecular weight excluding hydrogens is 274 g/mol. The van der Waals surface area contributed by atoms with Gasteiger partial charge in [0.05, 0.1) is 6.54 Å². The van der Waals surface area contributed by atoms with E-state index in [1.165, 1.54) is 6.54 Å². The first-order chi connectivity index (χ1) is 10.7. The van der Waals surface area contributed by atoms with Gasteiger partial charge in [0.2, 0.25) is 0 Å². The van der Waals surface area contributed by atoms with Gasteiger partial charge in [-0.15, -0.1) is 0 Å². The molecule has 0 atom stereocenters. The molecule has 0 saturated carbocycles. The van der Waals surface area contributed by atoms with Gasteiger partial charge in [0.25, 0.3) is 0 Å². The summed E-state index contributed by atoms with van der Waals surface area (Å²) in [7, 11) is 0. The molecule has 0 spiro atoms. The summed E-state index contributed by atoms with van der Waals surface area (Å²) in [5, 5.41) is 4.19. The summed E-state index contributed by atoms with van der Waals surface area (Å²) in [5.74, 6) is 1.70. The topological polar surface area (TPSA) is 32.5 Å². The number of aromatic nitrogens is 1. The van der Waals surface area contributed by atoms with Crippen molar-refractivity contribution in [1.82, 2.24) is 15.0 Å². The molecule has 22 heavy (non-hydrogen) atoms. The van der Waals surface area contributed by atoms with Crippen LogP contribution in [0, 0.1) is 5.92 Å². The third-order valence-corrected chi connectivity index (χ3v) is 4.10. The van der Waals surface area contributed by atoms with E-state index in [9.17, 15) is 0 Å². The molecule has 1 saturated heterocycles. The highest BCUT2D eigenvalue weighted by Gasteiger charge is 2.19. The van der Waals surface area contributed by atoms with E-state index < -0.39 is 0 Å². The fraction of sp³-hybridized carbons (Fsp3) is 0.500.